The van der Waals surface area contributed by atoms with Crippen molar-refractivity contribution in [3.8, 4) is 0 Å². The van der Waals surface area contributed by atoms with Crippen molar-refractivity contribution in [2.75, 3.05) is 37.6 Å². The zero-order valence-corrected chi connectivity index (χ0v) is 22.7. The molecule has 3 aromatic rings. The Labute approximate surface area is 236 Å². The van der Waals surface area contributed by atoms with Crippen molar-refractivity contribution in [2.45, 2.75) is 38.5 Å². The summed E-state index contributed by atoms with van der Waals surface area (Å²) in [4.78, 5) is 36.9. The molecule has 1 saturated carbocycles. The first kappa shape index (κ1) is 28.9. The fourth-order valence-electron chi connectivity index (χ4n) is 5.13. The highest BCUT2D eigenvalue weighted by Gasteiger charge is 2.34. The van der Waals surface area contributed by atoms with Gasteiger partial charge >= 0.3 is 6.18 Å². The summed E-state index contributed by atoms with van der Waals surface area (Å²) >= 11 is 0.870. The maximum atomic E-state index is 13.2. The van der Waals surface area contributed by atoms with E-state index < -0.39 is 33.3 Å². The van der Waals surface area contributed by atoms with Gasteiger partial charge in [0.2, 0.25) is 0 Å². The monoisotopic (exact) mass is 593 g/mol. The van der Waals surface area contributed by atoms with Crippen LogP contribution in [0.25, 0.3) is 10.1 Å². The lowest BCUT2D eigenvalue weighted by Gasteiger charge is -2.37. The molecule has 1 aliphatic carbocycles. The first-order chi connectivity index (χ1) is 19.6. The molecule has 1 saturated heterocycles. The lowest BCUT2D eigenvalue weighted by molar-refractivity contribution is -0.383. The third kappa shape index (κ3) is 6.99. The molecule has 218 valence electrons. The summed E-state index contributed by atoms with van der Waals surface area (Å²) in [6.45, 7) is 3.69. The van der Waals surface area contributed by atoms with E-state index in [9.17, 15) is 32.5 Å². The van der Waals surface area contributed by atoms with Gasteiger partial charge in [-0.3, -0.25) is 19.8 Å². The van der Waals surface area contributed by atoms with Gasteiger partial charge in [-0.1, -0.05) is 28.6 Å². The molecule has 0 N–H and O–H groups in total. The summed E-state index contributed by atoms with van der Waals surface area (Å²) in [5, 5.41) is 15.7. The molecule has 2 aliphatic rings. The molecular weight excluding hydrogens is 566 g/mol. The molecule has 1 aromatic heterocycles. The Kier molecular flexibility index (Phi) is 8.50. The molecule has 2 aromatic carbocycles. The number of fused-ring (bicyclic) bond motifs is 1. The third-order valence-electron chi connectivity index (χ3n) is 7.39. The Morgan fingerprint density at radius 2 is 1.78 bits per heavy atom. The van der Waals surface area contributed by atoms with Crippen LogP contribution in [-0.4, -0.2) is 53.2 Å². The second-order valence-corrected chi connectivity index (χ2v) is 11.2. The quantitative estimate of drug-likeness (QED) is 0.200. The Morgan fingerprint density at radius 3 is 2.41 bits per heavy atom. The number of rotatable bonds is 7. The van der Waals surface area contributed by atoms with Crippen LogP contribution in [0.3, 0.4) is 0 Å². The van der Waals surface area contributed by atoms with Crippen LogP contribution in [0.15, 0.2) is 46.3 Å². The second kappa shape index (κ2) is 12.1. The van der Waals surface area contributed by atoms with Crippen LogP contribution in [0.2, 0.25) is 0 Å². The van der Waals surface area contributed by atoms with E-state index in [2.05, 4.69) is 15.0 Å². The smallest absolute Gasteiger partial charge is 0.391 e. The molecule has 0 atom stereocenters. The minimum atomic E-state index is -4.82. The van der Waals surface area contributed by atoms with Crippen LogP contribution < -0.4 is 10.5 Å². The first-order valence-electron chi connectivity index (χ1n) is 13.2. The van der Waals surface area contributed by atoms with Gasteiger partial charge in [0.25, 0.3) is 11.2 Å². The normalized spacial score (nSPS) is 18.5. The minimum Gasteiger partial charge on any atom is -0.391 e. The number of alkyl halides is 3. The lowest BCUT2D eigenvalue weighted by Crippen LogP contribution is -2.48. The van der Waals surface area contributed by atoms with Gasteiger partial charge in [-0.05, 0) is 55.4 Å². The molecule has 2 heterocycles. The molecule has 1 aliphatic heterocycles. The highest BCUT2D eigenvalue weighted by molar-refractivity contribution is 7.22. The Morgan fingerprint density at radius 1 is 1.10 bits per heavy atom. The van der Waals surface area contributed by atoms with E-state index in [0.29, 0.717) is 50.8 Å². The molecule has 0 radical (unpaired) electrons. The maximum absolute atomic E-state index is 13.2. The van der Waals surface area contributed by atoms with Gasteiger partial charge in [0.1, 0.15) is 17.1 Å². The molecule has 0 bridgehead atoms. The van der Waals surface area contributed by atoms with Crippen LogP contribution in [0.1, 0.15) is 36.8 Å². The number of hydrogen-bond acceptors (Lipinski definition) is 9. The third-order valence-corrected chi connectivity index (χ3v) is 8.56. The van der Waals surface area contributed by atoms with Gasteiger partial charge in [0.05, 0.1) is 21.6 Å². The highest BCUT2D eigenvalue weighted by atomic mass is 32.1. The summed E-state index contributed by atoms with van der Waals surface area (Å²) < 4.78 is 52.6. The average molecular weight is 594 g/mol. The van der Waals surface area contributed by atoms with E-state index in [1.807, 2.05) is 4.90 Å². The fraction of sp³-hybridized carbons (Fsp3) is 0.444. The van der Waals surface area contributed by atoms with Crippen molar-refractivity contribution < 1.29 is 27.3 Å². The molecule has 2 fully saturated rings. The predicted octanol–water partition coefficient (Wildman–Crippen LogP) is 5.61. The molecule has 41 heavy (non-hydrogen) atoms. The number of nitro groups is 1. The van der Waals surface area contributed by atoms with Crippen molar-refractivity contribution in [1.82, 2.24) is 9.88 Å². The summed E-state index contributed by atoms with van der Waals surface area (Å²) in [5.74, 6) is 0.206. The average Bonchev–Trinajstić information content (AvgIpc) is 2.94. The maximum Gasteiger partial charge on any atom is 0.416 e. The van der Waals surface area contributed by atoms with Crippen LogP contribution in [0.4, 0.5) is 28.4 Å². The molecule has 0 spiro atoms. The fourth-order valence-corrected chi connectivity index (χ4v) is 6.24. The molecule has 14 heteroatoms. The van der Waals surface area contributed by atoms with Crippen molar-refractivity contribution in [1.29, 1.82) is 0 Å². The summed E-state index contributed by atoms with van der Waals surface area (Å²) in [7, 11) is 0. The Bertz CT molecular complexity index is 1490. The molecule has 0 amide bonds. The van der Waals surface area contributed by atoms with E-state index in [1.54, 1.807) is 12.1 Å². The zero-order valence-electron chi connectivity index (χ0n) is 21.9. The van der Waals surface area contributed by atoms with Crippen molar-refractivity contribution >= 4 is 38.0 Å². The number of piperazine rings is 1. The molecule has 9 nitrogen and oxygen atoms in total. The van der Waals surface area contributed by atoms with Crippen molar-refractivity contribution in [3.63, 3.8) is 0 Å². The number of anilines is 1. The predicted molar refractivity (Wildman–Crippen MR) is 147 cm³/mol. The van der Waals surface area contributed by atoms with Crippen molar-refractivity contribution in [2.24, 2.45) is 11.1 Å². The SMILES string of the molecule is O=c1nc(N2CCN(CC3CCC(=NOCc4ccc(F)cc4)CC3)CC2)sc2c([N+](=O)[O-])cc(C(F)(F)F)cc12. The number of nitro benzene ring substituents is 1. The second-order valence-electron chi connectivity index (χ2n) is 10.2. The summed E-state index contributed by atoms with van der Waals surface area (Å²) in [5.41, 5.74) is -1.04. The van der Waals surface area contributed by atoms with Crippen LogP contribution in [0, 0.1) is 21.8 Å². The van der Waals surface area contributed by atoms with E-state index in [1.165, 1.54) is 12.1 Å². The summed E-state index contributed by atoms with van der Waals surface area (Å²) in [6, 6.07) is 7.21. The topological polar surface area (TPSA) is 101 Å². The molecule has 5 rings (SSSR count). The first-order valence-corrected chi connectivity index (χ1v) is 14.0. The van der Waals surface area contributed by atoms with Gasteiger partial charge < -0.3 is 9.74 Å². The number of benzene rings is 2. The van der Waals surface area contributed by atoms with Gasteiger partial charge in [0.15, 0.2) is 5.13 Å². The van der Waals surface area contributed by atoms with E-state index >= 15 is 0 Å². The summed E-state index contributed by atoms with van der Waals surface area (Å²) in [6.07, 6.45) is -1.17. The number of non-ortho nitro benzene ring substituents is 1. The van der Waals surface area contributed by atoms with Gasteiger partial charge in [-0.2, -0.15) is 18.2 Å². The van der Waals surface area contributed by atoms with Crippen molar-refractivity contribution in [3.05, 3.63) is 73.8 Å². The standard InChI is InChI=1S/C27H27F4N5O4S/c28-20-5-1-18(2-6-20)16-40-33-21-7-3-17(4-8-21)15-34-9-11-35(12-10-34)26-32-25(37)22-13-19(27(29,30)31)14-23(36(38)39)24(22)41-26/h1-2,5-6,13-14,17H,3-4,7-12,15-16H2. The number of nitrogens with zero attached hydrogens (tertiary/aromatic N) is 5. The van der Waals surface area contributed by atoms with Crippen LogP contribution >= 0.6 is 11.3 Å². The highest BCUT2D eigenvalue weighted by Crippen LogP contribution is 2.38. The largest absolute Gasteiger partial charge is 0.416 e. The van der Waals surface area contributed by atoms with Crippen LogP contribution in [0.5, 0.6) is 0 Å². The van der Waals surface area contributed by atoms with Gasteiger partial charge in [0, 0.05) is 38.8 Å². The van der Waals surface area contributed by atoms with Gasteiger partial charge in [-0.15, -0.1) is 0 Å². The number of oxime groups is 1. The molecule has 0 unspecified atom stereocenters. The Balaban J connectivity index is 1.15. The zero-order chi connectivity index (χ0) is 29.1. The van der Waals surface area contributed by atoms with Gasteiger partial charge in [-0.25, -0.2) is 4.39 Å². The Hall–Kier alpha value is -3.65. The molecular formula is C27H27F4N5O4S. The number of halogens is 4. The van der Waals surface area contributed by atoms with Crippen LogP contribution in [-0.2, 0) is 17.6 Å². The number of aromatic nitrogens is 1. The lowest BCUT2D eigenvalue weighted by atomic mass is 9.87. The van der Waals surface area contributed by atoms with E-state index in [-0.39, 0.29) is 15.6 Å². The number of hydrogen-bond donors (Lipinski definition) is 0. The van der Waals surface area contributed by atoms with E-state index in [4.69, 9.17) is 4.84 Å². The minimum absolute atomic E-state index is 0.109. The van der Waals surface area contributed by atoms with E-state index in [0.717, 1.165) is 54.8 Å².